The maximum absolute atomic E-state index is 10.4. The second-order valence-electron chi connectivity index (χ2n) is 1.83. The number of rotatable bonds is 1. The number of aryl methyl sites for hydroxylation is 2. The third-order valence-electron chi connectivity index (χ3n) is 1.02. The largest absolute Gasteiger partial charge is 0.767 e. The van der Waals surface area contributed by atoms with Gasteiger partial charge >= 0.3 is 0 Å². The van der Waals surface area contributed by atoms with E-state index in [1.165, 1.54) is 11.3 Å². The Labute approximate surface area is 65.4 Å². The normalized spacial score (nSPS) is 13.5. The van der Waals surface area contributed by atoms with Gasteiger partial charge < -0.3 is 4.55 Å². The molecule has 5 heteroatoms. The molecule has 0 radical (unpaired) electrons. The predicted octanol–water partition coefficient (Wildman–Crippen LogP) is 0.998. The van der Waals surface area contributed by atoms with E-state index in [0.29, 0.717) is 0 Å². The molecule has 1 unspecified atom stereocenters. The Morgan fingerprint density at radius 1 is 1.60 bits per heavy atom. The summed E-state index contributed by atoms with van der Waals surface area (Å²) in [6.07, 6.45) is 0. The van der Waals surface area contributed by atoms with Crippen molar-refractivity contribution in [1.82, 2.24) is 4.98 Å². The highest BCUT2D eigenvalue weighted by Crippen LogP contribution is 2.18. The van der Waals surface area contributed by atoms with Gasteiger partial charge in [0.05, 0.1) is 5.01 Å². The maximum Gasteiger partial charge on any atom is 0.127 e. The molecule has 0 amide bonds. The molecule has 0 N–H and O–H groups in total. The molecule has 1 heterocycles. The van der Waals surface area contributed by atoms with E-state index in [-0.39, 0.29) is 5.03 Å². The van der Waals surface area contributed by atoms with Gasteiger partial charge in [0, 0.05) is 4.88 Å². The van der Waals surface area contributed by atoms with Crippen molar-refractivity contribution in [2.24, 2.45) is 0 Å². The van der Waals surface area contributed by atoms with Crippen LogP contribution in [0.15, 0.2) is 5.03 Å². The zero-order valence-corrected chi connectivity index (χ0v) is 7.21. The van der Waals surface area contributed by atoms with Gasteiger partial charge in [-0.15, -0.1) is 11.3 Å². The number of hydrogen-bond acceptors (Lipinski definition) is 4. The molecule has 0 aromatic carbocycles. The molecule has 0 aliphatic carbocycles. The highest BCUT2D eigenvalue weighted by atomic mass is 32.2. The lowest BCUT2D eigenvalue weighted by Gasteiger charge is -1.99. The van der Waals surface area contributed by atoms with Crippen LogP contribution in [-0.4, -0.2) is 13.7 Å². The topological polar surface area (TPSA) is 53.0 Å². The van der Waals surface area contributed by atoms with Gasteiger partial charge in [0.1, 0.15) is 5.03 Å². The van der Waals surface area contributed by atoms with E-state index >= 15 is 0 Å². The number of aromatic nitrogens is 1. The third kappa shape index (κ3) is 1.42. The lowest BCUT2D eigenvalue weighted by atomic mass is 10.6. The Bertz CT molecular complexity index is 269. The zero-order chi connectivity index (χ0) is 7.72. The molecule has 56 valence electrons. The monoisotopic (exact) mass is 176 g/mol. The summed E-state index contributed by atoms with van der Waals surface area (Å²) < 4.78 is 20.8. The van der Waals surface area contributed by atoms with Crippen molar-refractivity contribution in [2.75, 3.05) is 0 Å². The van der Waals surface area contributed by atoms with E-state index in [2.05, 4.69) is 4.98 Å². The van der Waals surface area contributed by atoms with Crippen LogP contribution in [0.1, 0.15) is 9.88 Å². The van der Waals surface area contributed by atoms with Crippen molar-refractivity contribution in [3.05, 3.63) is 9.88 Å². The van der Waals surface area contributed by atoms with E-state index in [0.717, 1.165) is 9.88 Å². The number of nitrogens with zero attached hydrogens (tertiary/aromatic N) is 1. The number of thiazole rings is 1. The first-order valence-corrected chi connectivity index (χ1v) is 4.53. The van der Waals surface area contributed by atoms with Crippen molar-refractivity contribution in [2.45, 2.75) is 18.9 Å². The van der Waals surface area contributed by atoms with Gasteiger partial charge in [0.2, 0.25) is 0 Å². The van der Waals surface area contributed by atoms with Gasteiger partial charge in [-0.1, -0.05) is 0 Å². The van der Waals surface area contributed by atoms with Crippen molar-refractivity contribution in [3.8, 4) is 0 Å². The molecule has 0 saturated carbocycles. The minimum absolute atomic E-state index is 0.183. The number of hydrogen-bond donors (Lipinski definition) is 0. The van der Waals surface area contributed by atoms with Crippen LogP contribution in [0.2, 0.25) is 0 Å². The summed E-state index contributed by atoms with van der Waals surface area (Å²) in [5.74, 6) is 0. The van der Waals surface area contributed by atoms with Gasteiger partial charge in [0.15, 0.2) is 0 Å². The fourth-order valence-corrected chi connectivity index (χ4v) is 2.21. The third-order valence-corrected chi connectivity index (χ3v) is 2.75. The molecule has 1 aromatic heterocycles. The molecule has 1 rings (SSSR count). The minimum atomic E-state index is -2.17. The predicted molar refractivity (Wildman–Crippen MR) is 38.8 cm³/mol. The fraction of sp³-hybridized carbons (Fsp3) is 0.400. The minimum Gasteiger partial charge on any atom is -0.767 e. The molecule has 0 spiro atoms. The van der Waals surface area contributed by atoms with Crippen LogP contribution in [0.3, 0.4) is 0 Å². The van der Waals surface area contributed by atoms with Gasteiger partial charge in [-0.25, -0.2) is 4.98 Å². The molecule has 3 nitrogen and oxygen atoms in total. The quantitative estimate of drug-likeness (QED) is 0.600. The highest BCUT2D eigenvalue weighted by molar-refractivity contribution is 7.79. The van der Waals surface area contributed by atoms with Crippen LogP contribution < -0.4 is 0 Å². The summed E-state index contributed by atoms with van der Waals surface area (Å²) in [5.41, 5.74) is 0. The molecular weight excluding hydrogens is 170 g/mol. The summed E-state index contributed by atoms with van der Waals surface area (Å²) in [4.78, 5) is 4.57. The van der Waals surface area contributed by atoms with Crippen LogP contribution in [0.4, 0.5) is 0 Å². The lowest BCUT2D eigenvalue weighted by molar-refractivity contribution is 0.533. The second kappa shape index (κ2) is 2.77. The van der Waals surface area contributed by atoms with Crippen LogP contribution >= 0.6 is 11.3 Å². The molecule has 1 aromatic rings. The van der Waals surface area contributed by atoms with E-state index in [1.54, 1.807) is 13.8 Å². The molecule has 0 bridgehead atoms. The fourth-order valence-electron chi connectivity index (χ4n) is 0.664. The summed E-state index contributed by atoms with van der Waals surface area (Å²) in [6.45, 7) is 3.53. The molecule has 1 atom stereocenters. The maximum atomic E-state index is 10.4. The van der Waals surface area contributed by atoms with Crippen molar-refractivity contribution >= 4 is 22.4 Å². The Morgan fingerprint density at radius 2 is 2.20 bits per heavy atom. The van der Waals surface area contributed by atoms with Crippen molar-refractivity contribution in [1.29, 1.82) is 0 Å². The van der Waals surface area contributed by atoms with Crippen LogP contribution in [-0.2, 0) is 11.1 Å². The summed E-state index contributed by atoms with van der Waals surface area (Å²) in [6, 6.07) is 0. The Kier molecular flexibility index (Phi) is 2.18. The van der Waals surface area contributed by atoms with Gasteiger partial charge in [-0.05, 0) is 24.9 Å². The molecule has 0 aliphatic heterocycles. The molecule has 0 fully saturated rings. The smallest absolute Gasteiger partial charge is 0.127 e. The average Bonchev–Trinajstić information content (AvgIpc) is 2.10. The zero-order valence-electron chi connectivity index (χ0n) is 5.58. The molecule has 0 saturated heterocycles. The summed E-state index contributed by atoms with van der Waals surface area (Å²) in [7, 11) is 0. The molecule has 0 aliphatic rings. The van der Waals surface area contributed by atoms with Crippen molar-refractivity contribution in [3.63, 3.8) is 0 Å². The molecule has 10 heavy (non-hydrogen) atoms. The van der Waals surface area contributed by atoms with Crippen LogP contribution in [0, 0.1) is 13.8 Å². The Hall–Kier alpha value is -0.260. The van der Waals surface area contributed by atoms with Gasteiger partial charge in [0.25, 0.3) is 0 Å². The SMILES string of the molecule is Cc1nc(S(=O)[O-])c(C)s1. The average molecular weight is 176 g/mol. The van der Waals surface area contributed by atoms with Crippen LogP contribution in [0.5, 0.6) is 0 Å². The highest BCUT2D eigenvalue weighted by Gasteiger charge is 2.03. The Balaban J connectivity index is 3.15. The summed E-state index contributed by atoms with van der Waals surface area (Å²) in [5, 5.41) is 0.971. The van der Waals surface area contributed by atoms with Gasteiger partial charge in [-0.2, -0.15) is 0 Å². The van der Waals surface area contributed by atoms with E-state index < -0.39 is 11.1 Å². The van der Waals surface area contributed by atoms with E-state index in [4.69, 9.17) is 0 Å². The first-order chi connectivity index (χ1) is 4.61. The molecular formula is C5H6NO2S2-. The first-order valence-electron chi connectivity index (χ1n) is 2.64. The van der Waals surface area contributed by atoms with Crippen molar-refractivity contribution < 1.29 is 8.76 Å². The van der Waals surface area contributed by atoms with Gasteiger partial charge in [-0.3, -0.25) is 4.21 Å². The summed E-state index contributed by atoms with van der Waals surface area (Å²) >= 11 is -0.777. The lowest BCUT2D eigenvalue weighted by Crippen LogP contribution is -1.90. The van der Waals surface area contributed by atoms with E-state index in [1.807, 2.05) is 0 Å². The first kappa shape index (κ1) is 7.84. The van der Waals surface area contributed by atoms with E-state index in [9.17, 15) is 8.76 Å². The standard InChI is InChI=1S/C5H7NO2S2/c1-3-5(10(7)8)6-4(2)9-3/h1-2H3,(H,7,8)/p-1. The van der Waals surface area contributed by atoms with Crippen LogP contribution in [0.25, 0.3) is 0 Å². The second-order valence-corrected chi connectivity index (χ2v) is 4.09. The Morgan fingerprint density at radius 3 is 2.40 bits per heavy atom.